The standard InChI is InChI=1S/C15H20BrN3/c1-10-4-5-12(8-13(10)16)9-14-11(2)19(3)15(18-14)6-7-17/h4-5,8H,6-7,9,17H2,1-3H3. The average Bonchev–Trinajstić information content (AvgIpc) is 2.63. The molecule has 0 radical (unpaired) electrons. The van der Waals surface area contributed by atoms with Crippen molar-refractivity contribution < 1.29 is 0 Å². The molecule has 102 valence electrons. The van der Waals surface area contributed by atoms with Gasteiger partial charge in [0.1, 0.15) is 5.82 Å². The third kappa shape index (κ3) is 3.07. The van der Waals surface area contributed by atoms with E-state index in [1.165, 1.54) is 16.8 Å². The number of hydrogen-bond acceptors (Lipinski definition) is 2. The molecular formula is C15H20BrN3. The zero-order valence-electron chi connectivity index (χ0n) is 11.7. The minimum Gasteiger partial charge on any atom is -0.335 e. The summed E-state index contributed by atoms with van der Waals surface area (Å²) >= 11 is 3.58. The van der Waals surface area contributed by atoms with Crippen molar-refractivity contribution in [3.8, 4) is 0 Å². The van der Waals surface area contributed by atoms with Crippen LogP contribution in [0, 0.1) is 13.8 Å². The largest absolute Gasteiger partial charge is 0.335 e. The second-order valence-electron chi connectivity index (χ2n) is 4.92. The summed E-state index contributed by atoms with van der Waals surface area (Å²) in [5, 5.41) is 0. The van der Waals surface area contributed by atoms with E-state index in [-0.39, 0.29) is 0 Å². The van der Waals surface area contributed by atoms with Crippen molar-refractivity contribution >= 4 is 15.9 Å². The molecule has 0 aliphatic rings. The molecule has 1 aromatic carbocycles. The van der Waals surface area contributed by atoms with Crippen LogP contribution in [0.2, 0.25) is 0 Å². The van der Waals surface area contributed by atoms with Gasteiger partial charge in [0.2, 0.25) is 0 Å². The Hall–Kier alpha value is -1.13. The highest BCUT2D eigenvalue weighted by Crippen LogP contribution is 2.21. The van der Waals surface area contributed by atoms with E-state index in [1.807, 2.05) is 0 Å². The molecule has 0 spiro atoms. The Labute approximate surface area is 123 Å². The van der Waals surface area contributed by atoms with Crippen molar-refractivity contribution in [2.24, 2.45) is 12.8 Å². The van der Waals surface area contributed by atoms with Gasteiger partial charge in [-0.1, -0.05) is 28.1 Å². The van der Waals surface area contributed by atoms with E-state index in [2.05, 4.69) is 59.6 Å². The van der Waals surface area contributed by atoms with Gasteiger partial charge in [-0.2, -0.15) is 0 Å². The number of aromatic nitrogens is 2. The van der Waals surface area contributed by atoms with E-state index < -0.39 is 0 Å². The van der Waals surface area contributed by atoms with Gasteiger partial charge in [0.15, 0.2) is 0 Å². The lowest BCUT2D eigenvalue weighted by molar-refractivity contribution is 0.761. The van der Waals surface area contributed by atoms with Crippen LogP contribution in [0.25, 0.3) is 0 Å². The molecule has 2 rings (SSSR count). The molecule has 2 aromatic rings. The first-order valence-corrected chi connectivity index (χ1v) is 7.28. The Kier molecular flexibility index (Phi) is 4.42. The Morgan fingerprint density at radius 1 is 1.32 bits per heavy atom. The highest BCUT2D eigenvalue weighted by molar-refractivity contribution is 9.10. The first kappa shape index (κ1) is 14.3. The van der Waals surface area contributed by atoms with E-state index in [9.17, 15) is 0 Å². The van der Waals surface area contributed by atoms with E-state index in [0.29, 0.717) is 6.54 Å². The van der Waals surface area contributed by atoms with Crippen molar-refractivity contribution in [3.05, 3.63) is 51.0 Å². The Morgan fingerprint density at radius 3 is 2.68 bits per heavy atom. The maximum atomic E-state index is 5.62. The molecule has 1 heterocycles. The van der Waals surface area contributed by atoms with Crippen LogP contribution in [0.5, 0.6) is 0 Å². The van der Waals surface area contributed by atoms with Crippen molar-refractivity contribution in [2.45, 2.75) is 26.7 Å². The minimum atomic E-state index is 0.639. The number of benzene rings is 1. The molecule has 0 saturated carbocycles. The number of imidazole rings is 1. The van der Waals surface area contributed by atoms with Crippen LogP contribution in [-0.2, 0) is 19.9 Å². The van der Waals surface area contributed by atoms with E-state index in [1.54, 1.807) is 0 Å². The summed E-state index contributed by atoms with van der Waals surface area (Å²) in [6, 6.07) is 6.47. The molecule has 1 aromatic heterocycles. The lowest BCUT2D eigenvalue weighted by atomic mass is 10.1. The number of halogens is 1. The van der Waals surface area contributed by atoms with E-state index >= 15 is 0 Å². The van der Waals surface area contributed by atoms with Crippen LogP contribution in [0.4, 0.5) is 0 Å². The molecule has 3 nitrogen and oxygen atoms in total. The molecule has 0 saturated heterocycles. The third-order valence-corrected chi connectivity index (χ3v) is 4.40. The maximum Gasteiger partial charge on any atom is 0.110 e. The van der Waals surface area contributed by atoms with Crippen LogP contribution < -0.4 is 5.73 Å². The highest BCUT2D eigenvalue weighted by atomic mass is 79.9. The van der Waals surface area contributed by atoms with Gasteiger partial charge in [-0.15, -0.1) is 0 Å². The van der Waals surface area contributed by atoms with E-state index in [0.717, 1.165) is 28.8 Å². The van der Waals surface area contributed by atoms with Crippen LogP contribution in [0.15, 0.2) is 22.7 Å². The van der Waals surface area contributed by atoms with Gasteiger partial charge in [0.25, 0.3) is 0 Å². The van der Waals surface area contributed by atoms with Crippen LogP contribution in [0.3, 0.4) is 0 Å². The van der Waals surface area contributed by atoms with Crippen molar-refractivity contribution in [2.75, 3.05) is 6.54 Å². The molecule has 0 bridgehead atoms. The molecule has 0 aliphatic carbocycles. The molecule has 4 heteroatoms. The number of aryl methyl sites for hydroxylation is 1. The summed E-state index contributed by atoms with van der Waals surface area (Å²) in [5.41, 5.74) is 10.5. The predicted molar refractivity (Wildman–Crippen MR) is 82.4 cm³/mol. The summed E-state index contributed by atoms with van der Waals surface area (Å²) < 4.78 is 3.30. The van der Waals surface area contributed by atoms with Gasteiger partial charge < -0.3 is 10.3 Å². The minimum absolute atomic E-state index is 0.639. The van der Waals surface area contributed by atoms with Gasteiger partial charge >= 0.3 is 0 Å². The summed E-state index contributed by atoms with van der Waals surface area (Å²) in [7, 11) is 2.06. The first-order chi connectivity index (χ1) is 9.02. The zero-order chi connectivity index (χ0) is 14.0. The van der Waals surface area contributed by atoms with Crippen LogP contribution in [-0.4, -0.2) is 16.1 Å². The molecule has 0 fully saturated rings. The van der Waals surface area contributed by atoms with Gasteiger partial charge in [-0.05, 0) is 37.6 Å². The van der Waals surface area contributed by atoms with Crippen molar-refractivity contribution in [3.63, 3.8) is 0 Å². The summed E-state index contributed by atoms with van der Waals surface area (Å²) in [6.07, 6.45) is 1.69. The Morgan fingerprint density at radius 2 is 2.05 bits per heavy atom. The molecule has 19 heavy (non-hydrogen) atoms. The molecule has 0 aliphatic heterocycles. The second-order valence-corrected chi connectivity index (χ2v) is 5.77. The third-order valence-electron chi connectivity index (χ3n) is 3.55. The summed E-state index contributed by atoms with van der Waals surface area (Å²) in [5.74, 6) is 1.07. The SMILES string of the molecule is Cc1ccc(Cc2nc(CCN)n(C)c2C)cc1Br. The predicted octanol–water partition coefficient (Wildman–Crippen LogP) is 2.89. The monoisotopic (exact) mass is 321 g/mol. The average molecular weight is 322 g/mol. The normalized spacial score (nSPS) is 11.0. The number of nitrogens with zero attached hydrogens (tertiary/aromatic N) is 2. The van der Waals surface area contributed by atoms with Crippen LogP contribution >= 0.6 is 15.9 Å². The summed E-state index contributed by atoms with van der Waals surface area (Å²) in [4.78, 5) is 4.71. The van der Waals surface area contributed by atoms with E-state index in [4.69, 9.17) is 10.7 Å². The first-order valence-electron chi connectivity index (χ1n) is 6.49. The van der Waals surface area contributed by atoms with Gasteiger partial charge in [-0.3, -0.25) is 0 Å². The molecule has 0 unspecified atom stereocenters. The number of rotatable bonds is 4. The smallest absolute Gasteiger partial charge is 0.110 e. The maximum absolute atomic E-state index is 5.62. The molecular weight excluding hydrogens is 302 g/mol. The quantitative estimate of drug-likeness (QED) is 0.941. The molecule has 0 atom stereocenters. The topological polar surface area (TPSA) is 43.8 Å². The lowest BCUT2D eigenvalue weighted by Crippen LogP contribution is -2.08. The fourth-order valence-corrected chi connectivity index (χ4v) is 2.58. The second kappa shape index (κ2) is 5.88. The lowest BCUT2D eigenvalue weighted by Gasteiger charge is -2.04. The Balaban J connectivity index is 2.27. The number of hydrogen-bond donors (Lipinski definition) is 1. The fraction of sp³-hybridized carbons (Fsp3) is 0.400. The summed E-state index contributed by atoms with van der Waals surface area (Å²) in [6.45, 7) is 4.85. The van der Waals surface area contributed by atoms with Gasteiger partial charge in [0.05, 0.1) is 5.69 Å². The van der Waals surface area contributed by atoms with Gasteiger partial charge in [-0.25, -0.2) is 4.98 Å². The number of nitrogens with two attached hydrogens (primary N) is 1. The molecule has 0 amide bonds. The Bertz CT molecular complexity index is 587. The van der Waals surface area contributed by atoms with Crippen molar-refractivity contribution in [1.82, 2.24) is 9.55 Å². The zero-order valence-corrected chi connectivity index (χ0v) is 13.3. The van der Waals surface area contributed by atoms with Crippen LogP contribution in [0.1, 0.15) is 28.3 Å². The highest BCUT2D eigenvalue weighted by Gasteiger charge is 2.11. The van der Waals surface area contributed by atoms with Crippen molar-refractivity contribution in [1.29, 1.82) is 0 Å². The fourth-order valence-electron chi connectivity index (χ4n) is 2.16. The van der Waals surface area contributed by atoms with Gasteiger partial charge in [0, 0.05) is 30.1 Å². The molecule has 2 N–H and O–H groups in total.